The molecule has 0 atom stereocenters. The number of urea groups is 1. The summed E-state index contributed by atoms with van der Waals surface area (Å²) in [5.74, 6) is 2.28. The highest BCUT2D eigenvalue weighted by Crippen LogP contribution is 2.18. The summed E-state index contributed by atoms with van der Waals surface area (Å²) in [5, 5.41) is 5.36. The number of aryl methyl sites for hydroxylation is 1. The van der Waals surface area contributed by atoms with Crippen LogP contribution in [0.2, 0.25) is 0 Å². The van der Waals surface area contributed by atoms with Gasteiger partial charge in [-0.3, -0.25) is 0 Å². The average Bonchev–Trinajstić information content (AvgIpc) is 2.66. The highest BCUT2D eigenvalue weighted by atomic mass is 16.5. The molecule has 134 valence electrons. The summed E-state index contributed by atoms with van der Waals surface area (Å²) in [4.78, 5) is 11.7. The standard InChI is InChI=1S/C19H24N2O4/c1-3-15-6-4-5-7-18(15)25-14-21-19(22)20-12-13-24-17-10-8-16(23-2)9-11-17/h4-11H,3,12-14H2,1-2H3,(H2,20,21,22). The molecule has 2 aromatic rings. The Labute approximate surface area is 148 Å². The maximum Gasteiger partial charge on any atom is 0.317 e. The smallest absolute Gasteiger partial charge is 0.317 e. The van der Waals surface area contributed by atoms with Crippen molar-refractivity contribution in [2.75, 3.05) is 27.0 Å². The third kappa shape index (κ3) is 6.25. The largest absolute Gasteiger partial charge is 0.497 e. The normalized spacial score (nSPS) is 10.0. The average molecular weight is 344 g/mol. The fourth-order valence-corrected chi connectivity index (χ4v) is 2.18. The van der Waals surface area contributed by atoms with E-state index in [-0.39, 0.29) is 12.8 Å². The molecular formula is C19H24N2O4. The molecule has 0 spiro atoms. The van der Waals surface area contributed by atoms with Gasteiger partial charge < -0.3 is 24.8 Å². The van der Waals surface area contributed by atoms with E-state index in [4.69, 9.17) is 14.2 Å². The zero-order valence-electron chi connectivity index (χ0n) is 14.6. The molecule has 0 radical (unpaired) electrons. The van der Waals surface area contributed by atoms with Gasteiger partial charge in [0.1, 0.15) is 23.9 Å². The minimum absolute atomic E-state index is 0.113. The number of amides is 2. The second kappa shape index (κ2) is 10.1. The minimum atomic E-state index is -0.299. The molecule has 0 aliphatic rings. The number of carbonyl (C=O) groups is 1. The summed E-state index contributed by atoms with van der Waals surface area (Å²) < 4.78 is 16.2. The van der Waals surface area contributed by atoms with E-state index in [1.807, 2.05) is 48.5 Å². The van der Waals surface area contributed by atoms with E-state index >= 15 is 0 Å². The lowest BCUT2D eigenvalue weighted by Gasteiger charge is -2.12. The molecule has 0 aliphatic heterocycles. The maximum atomic E-state index is 11.7. The number of benzene rings is 2. The summed E-state index contributed by atoms with van der Waals surface area (Å²) in [6.07, 6.45) is 0.880. The van der Waals surface area contributed by atoms with Crippen LogP contribution in [0.1, 0.15) is 12.5 Å². The number of methoxy groups -OCH3 is 1. The summed E-state index contributed by atoms with van der Waals surface area (Å²) in [7, 11) is 1.61. The van der Waals surface area contributed by atoms with E-state index in [0.29, 0.717) is 13.2 Å². The van der Waals surface area contributed by atoms with Crippen molar-refractivity contribution in [3.8, 4) is 17.2 Å². The van der Waals surface area contributed by atoms with Crippen LogP contribution in [0.5, 0.6) is 17.2 Å². The van der Waals surface area contributed by atoms with Gasteiger partial charge in [-0.2, -0.15) is 0 Å². The molecule has 2 aromatic carbocycles. The van der Waals surface area contributed by atoms with Gasteiger partial charge in [-0.15, -0.1) is 0 Å². The zero-order chi connectivity index (χ0) is 17.9. The first-order valence-corrected chi connectivity index (χ1v) is 8.22. The van der Waals surface area contributed by atoms with Crippen molar-refractivity contribution >= 4 is 6.03 Å². The van der Waals surface area contributed by atoms with E-state index in [2.05, 4.69) is 17.6 Å². The minimum Gasteiger partial charge on any atom is -0.497 e. The summed E-state index contributed by atoms with van der Waals surface area (Å²) in [6, 6.07) is 14.7. The van der Waals surface area contributed by atoms with Gasteiger partial charge in [-0.1, -0.05) is 25.1 Å². The van der Waals surface area contributed by atoms with Crippen molar-refractivity contribution in [1.82, 2.24) is 10.6 Å². The summed E-state index contributed by atoms with van der Waals surface area (Å²) in [6.45, 7) is 2.94. The molecule has 6 heteroatoms. The number of carbonyl (C=O) groups excluding carboxylic acids is 1. The van der Waals surface area contributed by atoms with Crippen molar-refractivity contribution in [1.29, 1.82) is 0 Å². The fourth-order valence-electron chi connectivity index (χ4n) is 2.18. The number of ether oxygens (including phenoxy) is 3. The SMILES string of the molecule is CCc1ccccc1OCNC(=O)NCCOc1ccc(OC)cc1. The van der Waals surface area contributed by atoms with Crippen LogP contribution in [0.3, 0.4) is 0 Å². The third-order valence-electron chi connectivity index (χ3n) is 3.53. The van der Waals surface area contributed by atoms with Crippen molar-refractivity contribution < 1.29 is 19.0 Å². The molecule has 2 N–H and O–H groups in total. The van der Waals surface area contributed by atoms with Crippen LogP contribution in [0, 0.1) is 0 Å². The molecule has 2 amide bonds. The Morgan fingerprint density at radius 3 is 2.40 bits per heavy atom. The first-order chi connectivity index (χ1) is 12.2. The van der Waals surface area contributed by atoms with Crippen LogP contribution in [0.25, 0.3) is 0 Å². The van der Waals surface area contributed by atoms with Crippen LogP contribution in [-0.4, -0.2) is 33.0 Å². The fraction of sp³-hybridized carbons (Fsp3) is 0.316. The Balaban J connectivity index is 1.60. The molecule has 0 unspecified atom stereocenters. The van der Waals surface area contributed by atoms with Gasteiger partial charge in [-0.05, 0) is 42.3 Å². The molecule has 0 aromatic heterocycles. The molecule has 0 aliphatic carbocycles. The second-order valence-electron chi connectivity index (χ2n) is 5.21. The van der Waals surface area contributed by atoms with E-state index in [1.54, 1.807) is 7.11 Å². The topological polar surface area (TPSA) is 68.8 Å². The highest BCUT2D eigenvalue weighted by Gasteiger charge is 2.03. The lowest BCUT2D eigenvalue weighted by atomic mass is 10.1. The lowest BCUT2D eigenvalue weighted by molar-refractivity contribution is 0.220. The number of para-hydroxylation sites is 1. The maximum absolute atomic E-state index is 11.7. The molecule has 0 saturated carbocycles. The van der Waals surface area contributed by atoms with Gasteiger partial charge in [0.2, 0.25) is 0 Å². The number of hydrogen-bond acceptors (Lipinski definition) is 4. The van der Waals surface area contributed by atoms with E-state index in [1.165, 1.54) is 0 Å². The van der Waals surface area contributed by atoms with Crippen LogP contribution in [-0.2, 0) is 6.42 Å². The van der Waals surface area contributed by atoms with Gasteiger partial charge in [0.05, 0.1) is 13.7 Å². The Morgan fingerprint density at radius 1 is 0.960 bits per heavy atom. The van der Waals surface area contributed by atoms with Crippen LogP contribution in [0.4, 0.5) is 4.79 Å². The Bertz CT molecular complexity index is 659. The first-order valence-electron chi connectivity index (χ1n) is 8.22. The Morgan fingerprint density at radius 2 is 1.68 bits per heavy atom. The zero-order valence-corrected chi connectivity index (χ0v) is 14.6. The van der Waals surface area contributed by atoms with Gasteiger partial charge in [0.15, 0.2) is 6.73 Å². The second-order valence-corrected chi connectivity index (χ2v) is 5.21. The van der Waals surface area contributed by atoms with Crippen LogP contribution < -0.4 is 24.8 Å². The first kappa shape index (κ1) is 18.4. The Hall–Kier alpha value is -2.89. The monoisotopic (exact) mass is 344 g/mol. The van der Waals surface area contributed by atoms with Gasteiger partial charge >= 0.3 is 6.03 Å². The lowest BCUT2D eigenvalue weighted by Crippen LogP contribution is -2.39. The molecular weight excluding hydrogens is 320 g/mol. The van der Waals surface area contributed by atoms with Crippen molar-refractivity contribution in [3.05, 3.63) is 54.1 Å². The molecule has 0 heterocycles. The van der Waals surface area contributed by atoms with E-state index in [0.717, 1.165) is 29.2 Å². The molecule has 0 saturated heterocycles. The van der Waals surface area contributed by atoms with Crippen LogP contribution >= 0.6 is 0 Å². The summed E-state index contributed by atoms with van der Waals surface area (Å²) in [5.41, 5.74) is 1.11. The van der Waals surface area contributed by atoms with Gasteiger partial charge in [0.25, 0.3) is 0 Å². The van der Waals surface area contributed by atoms with Gasteiger partial charge in [-0.25, -0.2) is 4.79 Å². The molecule has 0 fully saturated rings. The number of rotatable bonds is 9. The predicted octanol–water partition coefficient (Wildman–Crippen LogP) is 2.97. The predicted molar refractivity (Wildman–Crippen MR) is 96.3 cm³/mol. The van der Waals surface area contributed by atoms with Crippen LogP contribution in [0.15, 0.2) is 48.5 Å². The molecule has 6 nitrogen and oxygen atoms in total. The van der Waals surface area contributed by atoms with E-state index in [9.17, 15) is 4.79 Å². The van der Waals surface area contributed by atoms with Crippen molar-refractivity contribution in [2.45, 2.75) is 13.3 Å². The van der Waals surface area contributed by atoms with E-state index < -0.39 is 0 Å². The highest BCUT2D eigenvalue weighted by molar-refractivity contribution is 5.73. The molecule has 2 rings (SSSR count). The molecule has 25 heavy (non-hydrogen) atoms. The third-order valence-corrected chi connectivity index (χ3v) is 3.53. The summed E-state index contributed by atoms with van der Waals surface area (Å²) >= 11 is 0. The Kier molecular flexibility index (Phi) is 7.43. The number of hydrogen-bond donors (Lipinski definition) is 2. The quantitative estimate of drug-likeness (QED) is 0.542. The molecule has 0 bridgehead atoms. The van der Waals surface area contributed by atoms with Crippen molar-refractivity contribution in [3.63, 3.8) is 0 Å². The van der Waals surface area contributed by atoms with Gasteiger partial charge in [0, 0.05) is 0 Å². The van der Waals surface area contributed by atoms with Crippen molar-refractivity contribution in [2.24, 2.45) is 0 Å². The number of nitrogens with one attached hydrogen (secondary N) is 2.